The number of pyridine rings is 1. The first-order valence-electron chi connectivity index (χ1n) is 5.39. The SMILES string of the molecule is C[C@H](O)c1ccc(Sc2nnc(N(C)C)s2)nc1. The lowest BCUT2D eigenvalue weighted by atomic mass is 10.2. The van der Waals surface area contributed by atoms with Crippen molar-refractivity contribution >= 4 is 28.2 Å². The van der Waals surface area contributed by atoms with Crippen molar-refractivity contribution in [3.63, 3.8) is 0 Å². The Morgan fingerprint density at radius 1 is 1.33 bits per heavy atom. The predicted octanol–water partition coefficient (Wildman–Crippen LogP) is 2.20. The zero-order chi connectivity index (χ0) is 13.1. The number of nitrogens with zero attached hydrogens (tertiary/aromatic N) is 4. The van der Waals surface area contributed by atoms with E-state index in [9.17, 15) is 5.11 Å². The molecule has 0 aliphatic rings. The fourth-order valence-electron chi connectivity index (χ4n) is 1.21. The van der Waals surface area contributed by atoms with Crippen molar-refractivity contribution in [1.82, 2.24) is 15.2 Å². The molecule has 18 heavy (non-hydrogen) atoms. The summed E-state index contributed by atoms with van der Waals surface area (Å²) in [5, 5.41) is 19.3. The van der Waals surface area contributed by atoms with E-state index in [0.29, 0.717) is 0 Å². The lowest BCUT2D eigenvalue weighted by Crippen LogP contribution is -2.07. The lowest BCUT2D eigenvalue weighted by Gasteiger charge is -2.04. The standard InChI is InChI=1S/C11H14N4OS2/c1-7(16)8-4-5-9(12-6-8)17-11-14-13-10(18-11)15(2)3/h4-7,16H,1-3H3/t7-/m0/s1. The predicted molar refractivity (Wildman–Crippen MR) is 73.2 cm³/mol. The summed E-state index contributed by atoms with van der Waals surface area (Å²) < 4.78 is 0.857. The molecule has 1 atom stereocenters. The van der Waals surface area contributed by atoms with Crippen molar-refractivity contribution in [3.8, 4) is 0 Å². The highest BCUT2D eigenvalue weighted by molar-refractivity contribution is 8.01. The number of aromatic nitrogens is 3. The second kappa shape index (κ2) is 5.64. The van der Waals surface area contributed by atoms with Gasteiger partial charge in [-0.05, 0) is 30.3 Å². The van der Waals surface area contributed by atoms with Crippen molar-refractivity contribution in [2.24, 2.45) is 0 Å². The maximum absolute atomic E-state index is 9.40. The van der Waals surface area contributed by atoms with E-state index >= 15 is 0 Å². The molecule has 0 radical (unpaired) electrons. The van der Waals surface area contributed by atoms with Gasteiger partial charge in [-0.2, -0.15) is 0 Å². The van der Waals surface area contributed by atoms with Gasteiger partial charge in [-0.25, -0.2) is 4.98 Å². The van der Waals surface area contributed by atoms with Gasteiger partial charge in [0.05, 0.1) is 6.10 Å². The fourth-order valence-corrected chi connectivity index (χ4v) is 2.86. The monoisotopic (exact) mass is 282 g/mol. The average Bonchev–Trinajstić information content (AvgIpc) is 2.78. The van der Waals surface area contributed by atoms with Crippen molar-refractivity contribution in [3.05, 3.63) is 23.9 Å². The van der Waals surface area contributed by atoms with Gasteiger partial charge in [-0.3, -0.25) is 0 Å². The molecule has 0 aliphatic carbocycles. The third-order valence-electron chi connectivity index (χ3n) is 2.21. The highest BCUT2D eigenvalue weighted by Crippen LogP contribution is 2.31. The van der Waals surface area contributed by atoms with Crippen LogP contribution in [0.15, 0.2) is 27.7 Å². The molecule has 0 unspecified atom stereocenters. The van der Waals surface area contributed by atoms with Gasteiger partial charge in [-0.15, -0.1) is 10.2 Å². The van der Waals surface area contributed by atoms with Gasteiger partial charge < -0.3 is 10.0 Å². The molecule has 1 N–H and O–H groups in total. The molecule has 2 heterocycles. The van der Waals surface area contributed by atoms with E-state index < -0.39 is 6.10 Å². The van der Waals surface area contributed by atoms with Crippen LogP contribution in [0.5, 0.6) is 0 Å². The second-order valence-electron chi connectivity index (χ2n) is 3.95. The van der Waals surface area contributed by atoms with Crippen molar-refractivity contribution < 1.29 is 5.11 Å². The topological polar surface area (TPSA) is 62.1 Å². The number of rotatable bonds is 4. The van der Waals surface area contributed by atoms with Gasteiger partial charge in [0.25, 0.3) is 0 Å². The molecular weight excluding hydrogens is 268 g/mol. The molecule has 0 fully saturated rings. The van der Waals surface area contributed by atoms with Gasteiger partial charge >= 0.3 is 0 Å². The van der Waals surface area contributed by atoms with Crippen LogP contribution in [0.4, 0.5) is 5.13 Å². The molecule has 0 bridgehead atoms. The number of hydrogen-bond acceptors (Lipinski definition) is 7. The summed E-state index contributed by atoms with van der Waals surface area (Å²) in [5.74, 6) is 0. The Morgan fingerprint density at radius 3 is 2.61 bits per heavy atom. The Hall–Kier alpha value is -1.18. The first kappa shape index (κ1) is 13.3. The van der Waals surface area contributed by atoms with Crippen LogP contribution >= 0.6 is 23.1 Å². The number of anilines is 1. The van der Waals surface area contributed by atoms with Crippen LogP contribution in [-0.4, -0.2) is 34.4 Å². The van der Waals surface area contributed by atoms with E-state index in [1.165, 1.54) is 23.1 Å². The van der Waals surface area contributed by atoms with E-state index in [2.05, 4.69) is 15.2 Å². The Balaban J connectivity index is 2.08. The van der Waals surface area contributed by atoms with Crippen LogP contribution in [0.25, 0.3) is 0 Å². The molecule has 0 saturated carbocycles. The summed E-state index contributed by atoms with van der Waals surface area (Å²) in [6.45, 7) is 1.72. The van der Waals surface area contributed by atoms with Crippen molar-refractivity contribution in [1.29, 1.82) is 0 Å². The molecule has 2 aromatic heterocycles. The molecule has 0 amide bonds. The molecule has 2 rings (SSSR count). The summed E-state index contributed by atoms with van der Waals surface area (Å²) in [6.07, 6.45) is 1.19. The maximum atomic E-state index is 9.40. The van der Waals surface area contributed by atoms with Crippen molar-refractivity contribution in [2.45, 2.75) is 22.4 Å². The largest absolute Gasteiger partial charge is 0.389 e. The van der Waals surface area contributed by atoms with E-state index in [4.69, 9.17) is 0 Å². The molecule has 7 heteroatoms. The summed E-state index contributed by atoms with van der Waals surface area (Å²) in [7, 11) is 3.87. The minimum Gasteiger partial charge on any atom is -0.389 e. The molecule has 5 nitrogen and oxygen atoms in total. The minimum atomic E-state index is -0.488. The average molecular weight is 282 g/mol. The second-order valence-corrected chi connectivity index (χ2v) is 6.18. The Morgan fingerprint density at radius 2 is 2.11 bits per heavy atom. The van der Waals surface area contributed by atoms with Gasteiger partial charge in [0.15, 0.2) is 4.34 Å². The van der Waals surface area contributed by atoms with Crippen LogP contribution in [0.3, 0.4) is 0 Å². The maximum Gasteiger partial charge on any atom is 0.208 e. The Bertz CT molecular complexity index is 510. The first-order chi connectivity index (χ1) is 8.56. The summed E-state index contributed by atoms with van der Waals surface area (Å²) in [4.78, 5) is 6.20. The lowest BCUT2D eigenvalue weighted by molar-refractivity contribution is 0.198. The quantitative estimate of drug-likeness (QED) is 0.927. The zero-order valence-corrected chi connectivity index (χ0v) is 12.0. The highest BCUT2D eigenvalue weighted by Gasteiger charge is 2.08. The molecule has 0 spiro atoms. The van der Waals surface area contributed by atoms with Gasteiger partial charge in [0.1, 0.15) is 5.03 Å². The van der Waals surface area contributed by atoms with E-state index in [1.54, 1.807) is 13.1 Å². The molecule has 0 aromatic carbocycles. The summed E-state index contributed by atoms with van der Waals surface area (Å²) in [5.41, 5.74) is 0.811. The van der Waals surface area contributed by atoms with Gasteiger partial charge in [-0.1, -0.05) is 17.4 Å². The third-order valence-corrected chi connectivity index (χ3v) is 4.30. The molecule has 96 valence electrons. The first-order valence-corrected chi connectivity index (χ1v) is 7.02. The Kier molecular flexibility index (Phi) is 4.15. The number of hydrogen-bond donors (Lipinski definition) is 1. The van der Waals surface area contributed by atoms with Crippen LogP contribution in [0, 0.1) is 0 Å². The third kappa shape index (κ3) is 3.18. The van der Waals surface area contributed by atoms with E-state index in [-0.39, 0.29) is 0 Å². The molecular formula is C11H14N4OS2. The van der Waals surface area contributed by atoms with Crippen molar-refractivity contribution in [2.75, 3.05) is 19.0 Å². The van der Waals surface area contributed by atoms with Crippen LogP contribution in [-0.2, 0) is 0 Å². The highest BCUT2D eigenvalue weighted by atomic mass is 32.2. The van der Waals surface area contributed by atoms with Crippen LogP contribution < -0.4 is 4.90 Å². The van der Waals surface area contributed by atoms with Gasteiger partial charge in [0, 0.05) is 20.3 Å². The summed E-state index contributed by atoms with van der Waals surface area (Å²) >= 11 is 3.00. The fraction of sp³-hybridized carbons (Fsp3) is 0.364. The number of aliphatic hydroxyl groups excluding tert-OH is 1. The molecule has 2 aromatic rings. The van der Waals surface area contributed by atoms with Crippen LogP contribution in [0.1, 0.15) is 18.6 Å². The van der Waals surface area contributed by atoms with Crippen LogP contribution in [0.2, 0.25) is 0 Å². The minimum absolute atomic E-state index is 0.488. The van der Waals surface area contributed by atoms with Gasteiger partial charge in [0.2, 0.25) is 5.13 Å². The molecule has 0 saturated heterocycles. The van der Waals surface area contributed by atoms with E-state index in [0.717, 1.165) is 20.1 Å². The normalized spacial score (nSPS) is 12.4. The number of aliphatic hydroxyl groups is 1. The smallest absolute Gasteiger partial charge is 0.208 e. The zero-order valence-electron chi connectivity index (χ0n) is 10.4. The Labute approximate surface area is 114 Å². The summed E-state index contributed by atoms with van der Waals surface area (Å²) in [6, 6.07) is 3.75. The van der Waals surface area contributed by atoms with E-state index in [1.807, 2.05) is 31.1 Å². The molecule has 0 aliphatic heterocycles.